The van der Waals surface area contributed by atoms with Crippen LogP contribution in [-0.2, 0) is 9.47 Å². The maximum atomic E-state index is 12.0. The van der Waals surface area contributed by atoms with Crippen LogP contribution in [0.25, 0.3) is 0 Å². The summed E-state index contributed by atoms with van der Waals surface area (Å²) in [6.45, 7) is 9.07. The smallest absolute Gasteiger partial charge is 0.408 e. The molecule has 6 nitrogen and oxygen atoms in total. The molecule has 1 rings (SSSR count). The Morgan fingerprint density at radius 3 is 2.17 bits per heavy atom. The van der Waals surface area contributed by atoms with Crippen molar-refractivity contribution in [1.29, 1.82) is 0 Å². The molecule has 0 fully saturated rings. The van der Waals surface area contributed by atoms with Crippen LogP contribution in [0.1, 0.15) is 46.2 Å². The van der Waals surface area contributed by atoms with E-state index in [-0.39, 0.29) is 12.6 Å². The fourth-order valence-electron chi connectivity index (χ4n) is 1.79. The summed E-state index contributed by atoms with van der Waals surface area (Å²) in [4.78, 5) is 23.6. The number of carbonyl (C=O) groups excluding carboxylic acids is 2. The number of ether oxygens (including phenoxy) is 2. The van der Waals surface area contributed by atoms with Gasteiger partial charge in [-0.2, -0.15) is 0 Å². The molecule has 0 unspecified atom stereocenters. The van der Waals surface area contributed by atoms with Crippen LogP contribution in [0, 0.1) is 0 Å². The molecule has 0 saturated heterocycles. The molecule has 0 aliphatic carbocycles. The monoisotopic (exact) mass is 322 g/mol. The van der Waals surface area contributed by atoms with Crippen LogP contribution in [0.3, 0.4) is 0 Å². The highest BCUT2D eigenvalue weighted by molar-refractivity contribution is 5.69. The van der Waals surface area contributed by atoms with Crippen LogP contribution in [0.5, 0.6) is 0 Å². The molecule has 0 radical (unpaired) electrons. The van der Waals surface area contributed by atoms with Gasteiger partial charge in [-0.3, -0.25) is 0 Å². The molecule has 0 spiro atoms. The summed E-state index contributed by atoms with van der Waals surface area (Å²) in [7, 11) is 0. The molecule has 0 heterocycles. The van der Waals surface area contributed by atoms with Crippen molar-refractivity contribution in [3.05, 3.63) is 35.9 Å². The van der Waals surface area contributed by atoms with Gasteiger partial charge in [0.1, 0.15) is 12.2 Å². The predicted octanol–water partition coefficient (Wildman–Crippen LogP) is 3.39. The molecule has 6 heteroatoms. The van der Waals surface area contributed by atoms with Gasteiger partial charge in [-0.25, -0.2) is 9.59 Å². The van der Waals surface area contributed by atoms with E-state index in [4.69, 9.17) is 9.47 Å². The van der Waals surface area contributed by atoms with Crippen LogP contribution >= 0.6 is 0 Å². The number of benzene rings is 1. The number of hydrogen-bond acceptors (Lipinski definition) is 4. The summed E-state index contributed by atoms with van der Waals surface area (Å²) in [6.07, 6.45) is -1.08. The van der Waals surface area contributed by atoms with E-state index in [0.29, 0.717) is 0 Å². The van der Waals surface area contributed by atoms with Gasteiger partial charge in [-0.15, -0.1) is 0 Å². The topological polar surface area (TPSA) is 76.7 Å². The van der Waals surface area contributed by atoms with E-state index < -0.39 is 23.8 Å². The zero-order valence-corrected chi connectivity index (χ0v) is 14.4. The summed E-state index contributed by atoms with van der Waals surface area (Å²) in [6, 6.07) is 8.79. The van der Waals surface area contributed by atoms with Crippen LogP contribution in [-0.4, -0.2) is 30.4 Å². The zero-order valence-electron chi connectivity index (χ0n) is 14.4. The van der Waals surface area contributed by atoms with E-state index in [1.807, 2.05) is 44.2 Å². The Labute approximate surface area is 137 Å². The zero-order chi connectivity index (χ0) is 17.5. The molecule has 2 amide bonds. The predicted molar refractivity (Wildman–Crippen MR) is 88.2 cm³/mol. The van der Waals surface area contributed by atoms with Crippen LogP contribution < -0.4 is 10.6 Å². The lowest BCUT2D eigenvalue weighted by molar-refractivity contribution is 0.0469. The average Bonchev–Trinajstić information content (AvgIpc) is 2.41. The summed E-state index contributed by atoms with van der Waals surface area (Å²) < 4.78 is 10.4. The number of hydrogen-bond donors (Lipinski definition) is 2. The van der Waals surface area contributed by atoms with Gasteiger partial charge >= 0.3 is 12.2 Å². The van der Waals surface area contributed by atoms with Crippen molar-refractivity contribution < 1.29 is 19.1 Å². The fraction of sp³-hybridized carbons (Fsp3) is 0.529. The molecule has 1 atom stereocenters. The average molecular weight is 322 g/mol. The summed E-state index contributed by atoms with van der Waals surface area (Å²) in [5.41, 5.74) is 0.233. The van der Waals surface area contributed by atoms with Gasteiger partial charge in [-0.05, 0) is 40.2 Å². The Morgan fingerprint density at radius 2 is 1.65 bits per heavy atom. The molecule has 0 saturated carbocycles. The highest BCUT2D eigenvalue weighted by Gasteiger charge is 2.21. The molecule has 23 heavy (non-hydrogen) atoms. The van der Waals surface area contributed by atoms with Crippen molar-refractivity contribution in [3.63, 3.8) is 0 Å². The Bertz CT molecular complexity index is 509. The van der Waals surface area contributed by atoms with Gasteiger partial charge in [0.2, 0.25) is 0 Å². The third-order valence-electron chi connectivity index (χ3n) is 2.68. The van der Waals surface area contributed by atoms with Gasteiger partial charge in [-0.1, -0.05) is 30.3 Å². The van der Waals surface area contributed by atoms with Crippen LogP contribution in [0.2, 0.25) is 0 Å². The number of carbonyl (C=O) groups is 2. The molecule has 0 bridgehead atoms. The van der Waals surface area contributed by atoms with Crippen LogP contribution in [0.15, 0.2) is 30.3 Å². The second-order valence-electron chi connectivity index (χ2n) is 6.51. The third-order valence-corrected chi connectivity index (χ3v) is 2.68. The summed E-state index contributed by atoms with van der Waals surface area (Å²) in [5.74, 6) is 0. The van der Waals surface area contributed by atoms with Crippen molar-refractivity contribution >= 4 is 12.2 Å². The lowest BCUT2D eigenvalue weighted by Gasteiger charge is -2.24. The Hall–Kier alpha value is -2.24. The van der Waals surface area contributed by atoms with E-state index in [1.54, 1.807) is 20.8 Å². The summed E-state index contributed by atoms with van der Waals surface area (Å²) >= 11 is 0. The van der Waals surface area contributed by atoms with Crippen molar-refractivity contribution in [2.24, 2.45) is 0 Å². The maximum Gasteiger partial charge on any atom is 0.408 e. The molecule has 2 N–H and O–H groups in total. The second-order valence-corrected chi connectivity index (χ2v) is 6.51. The normalized spacial score (nSPS) is 12.4. The molecule has 0 aliphatic heterocycles. The van der Waals surface area contributed by atoms with Gasteiger partial charge in [0.05, 0.1) is 6.04 Å². The van der Waals surface area contributed by atoms with Crippen molar-refractivity contribution in [1.82, 2.24) is 10.6 Å². The van der Waals surface area contributed by atoms with Crippen molar-refractivity contribution in [2.75, 3.05) is 6.61 Å². The minimum atomic E-state index is -0.596. The van der Waals surface area contributed by atoms with Crippen molar-refractivity contribution in [2.45, 2.75) is 52.3 Å². The van der Waals surface area contributed by atoms with E-state index in [9.17, 15) is 9.59 Å². The lowest BCUT2D eigenvalue weighted by atomic mass is 10.1. The molecule has 0 aromatic heterocycles. The van der Waals surface area contributed by atoms with Gasteiger partial charge in [0.15, 0.2) is 0 Å². The first kappa shape index (κ1) is 18.8. The summed E-state index contributed by atoms with van der Waals surface area (Å²) in [5, 5.41) is 5.37. The number of amides is 2. The van der Waals surface area contributed by atoms with E-state index >= 15 is 0 Å². The Kier molecular flexibility index (Phi) is 6.88. The number of alkyl carbamates (subject to hydrolysis) is 2. The molecule has 0 aliphatic rings. The first-order valence-corrected chi connectivity index (χ1v) is 7.65. The molecule has 1 aromatic rings. The first-order chi connectivity index (χ1) is 10.7. The molecular formula is C17H26N2O4. The highest BCUT2D eigenvalue weighted by Crippen LogP contribution is 2.15. The minimum Gasteiger partial charge on any atom is -0.447 e. The standard InChI is InChI=1S/C17H26N2O4/c1-12(2)18-15(20)22-11-14(13-9-7-6-8-10-13)19-16(21)23-17(3,4)5/h6-10,12,14H,11H2,1-5H3,(H,18,20)(H,19,21)/t14-/m0/s1. The lowest BCUT2D eigenvalue weighted by Crippen LogP contribution is -2.38. The molecular weight excluding hydrogens is 296 g/mol. The third kappa shape index (κ3) is 8.09. The van der Waals surface area contributed by atoms with Gasteiger partial charge in [0.25, 0.3) is 0 Å². The second kappa shape index (κ2) is 8.41. The number of rotatable bonds is 5. The van der Waals surface area contributed by atoms with Crippen molar-refractivity contribution in [3.8, 4) is 0 Å². The SMILES string of the molecule is CC(C)NC(=O)OC[C@H](NC(=O)OC(C)(C)C)c1ccccc1. The first-order valence-electron chi connectivity index (χ1n) is 7.65. The molecule has 1 aromatic carbocycles. The fourth-order valence-corrected chi connectivity index (χ4v) is 1.79. The van der Waals surface area contributed by atoms with E-state index in [1.165, 1.54) is 0 Å². The number of nitrogens with one attached hydrogen (secondary N) is 2. The quantitative estimate of drug-likeness (QED) is 0.871. The minimum absolute atomic E-state index is 0.0157. The van der Waals surface area contributed by atoms with Gasteiger partial charge < -0.3 is 20.1 Å². The highest BCUT2D eigenvalue weighted by atomic mass is 16.6. The Morgan fingerprint density at radius 1 is 1.04 bits per heavy atom. The largest absolute Gasteiger partial charge is 0.447 e. The maximum absolute atomic E-state index is 12.0. The van der Waals surface area contributed by atoms with E-state index in [2.05, 4.69) is 10.6 Å². The molecule has 128 valence electrons. The van der Waals surface area contributed by atoms with E-state index in [0.717, 1.165) is 5.56 Å². The van der Waals surface area contributed by atoms with Crippen LogP contribution in [0.4, 0.5) is 9.59 Å². The Balaban J connectivity index is 2.71. The van der Waals surface area contributed by atoms with Gasteiger partial charge in [0, 0.05) is 6.04 Å².